The monoisotopic (exact) mass is 218 g/mol. The minimum absolute atomic E-state index is 0.691. The molecule has 0 saturated heterocycles. The Labute approximate surface area is 93.7 Å². The van der Waals surface area contributed by atoms with Gasteiger partial charge in [-0.1, -0.05) is 0 Å². The lowest BCUT2D eigenvalue weighted by Crippen LogP contribution is -2.07. The second-order valence-electron chi connectivity index (χ2n) is 3.34. The summed E-state index contributed by atoms with van der Waals surface area (Å²) in [5.74, 6) is 1.59. The van der Waals surface area contributed by atoms with E-state index in [0.717, 1.165) is 17.3 Å². The topological polar surface area (TPSA) is 67.7 Å². The van der Waals surface area contributed by atoms with E-state index in [9.17, 15) is 0 Å². The van der Waals surface area contributed by atoms with Crippen molar-refractivity contribution in [3.63, 3.8) is 0 Å². The zero-order valence-corrected chi connectivity index (χ0v) is 9.31. The molecule has 2 heterocycles. The molecule has 0 atom stereocenters. The minimum atomic E-state index is 0.691. The molecule has 0 spiro atoms. The maximum absolute atomic E-state index is 4.12. The SMILES string of the molecule is CNc1cc(NCc2ccnn2C)ncn1. The van der Waals surface area contributed by atoms with Crippen LogP contribution in [0.1, 0.15) is 5.69 Å². The van der Waals surface area contributed by atoms with Gasteiger partial charge in [0.05, 0.1) is 12.2 Å². The van der Waals surface area contributed by atoms with Gasteiger partial charge in [-0.25, -0.2) is 9.97 Å². The van der Waals surface area contributed by atoms with E-state index in [0.29, 0.717) is 6.54 Å². The molecule has 0 fully saturated rings. The van der Waals surface area contributed by atoms with Crippen molar-refractivity contribution in [2.75, 3.05) is 17.7 Å². The molecule has 6 heteroatoms. The maximum Gasteiger partial charge on any atom is 0.131 e. The Balaban J connectivity index is 2.02. The minimum Gasteiger partial charge on any atom is -0.373 e. The number of rotatable bonds is 4. The number of hydrogen-bond donors (Lipinski definition) is 2. The van der Waals surface area contributed by atoms with Gasteiger partial charge in [-0.05, 0) is 6.07 Å². The summed E-state index contributed by atoms with van der Waals surface area (Å²) in [5, 5.41) is 10.3. The lowest BCUT2D eigenvalue weighted by molar-refractivity contribution is 0.720. The average molecular weight is 218 g/mol. The molecule has 0 unspecified atom stereocenters. The number of nitrogens with zero attached hydrogens (tertiary/aromatic N) is 4. The molecule has 2 aromatic heterocycles. The summed E-state index contributed by atoms with van der Waals surface area (Å²) in [6.07, 6.45) is 3.30. The molecule has 6 nitrogen and oxygen atoms in total. The summed E-state index contributed by atoms with van der Waals surface area (Å²) in [7, 11) is 3.74. The van der Waals surface area contributed by atoms with Crippen molar-refractivity contribution >= 4 is 11.6 Å². The Bertz CT molecular complexity index is 464. The van der Waals surface area contributed by atoms with Crippen LogP contribution in [0.25, 0.3) is 0 Å². The zero-order chi connectivity index (χ0) is 11.4. The van der Waals surface area contributed by atoms with E-state index >= 15 is 0 Å². The molecule has 2 aromatic rings. The summed E-state index contributed by atoms with van der Waals surface area (Å²) in [5.41, 5.74) is 1.10. The Kier molecular flexibility index (Phi) is 3.00. The summed E-state index contributed by atoms with van der Waals surface area (Å²) in [6, 6.07) is 3.82. The number of aromatic nitrogens is 4. The number of nitrogens with one attached hydrogen (secondary N) is 2. The van der Waals surface area contributed by atoms with Crippen molar-refractivity contribution in [2.45, 2.75) is 6.54 Å². The predicted octanol–water partition coefficient (Wildman–Crippen LogP) is 0.864. The van der Waals surface area contributed by atoms with E-state index in [1.807, 2.05) is 30.9 Å². The fraction of sp³-hybridized carbons (Fsp3) is 0.300. The van der Waals surface area contributed by atoms with Crippen LogP contribution >= 0.6 is 0 Å². The van der Waals surface area contributed by atoms with Crippen molar-refractivity contribution in [1.29, 1.82) is 0 Å². The quantitative estimate of drug-likeness (QED) is 0.796. The van der Waals surface area contributed by atoms with Gasteiger partial charge in [0.25, 0.3) is 0 Å². The van der Waals surface area contributed by atoms with Crippen LogP contribution in [-0.2, 0) is 13.6 Å². The third kappa shape index (κ3) is 2.28. The molecule has 2 rings (SSSR count). The first-order valence-electron chi connectivity index (χ1n) is 5.00. The molecule has 0 aliphatic heterocycles. The highest BCUT2D eigenvalue weighted by molar-refractivity contribution is 5.45. The lowest BCUT2D eigenvalue weighted by Gasteiger charge is -2.06. The van der Waals surface area contributed by atoms with E-state index < -0.39 is 0 Å². The second-order valence-corrected chi connectivity index (χ2v) is 3.34. The Morgan fingerprint density at radius 1 is 1.31 bits per heavy atom. The van der Waals surface area contributed by atoms with Gasteiger partial charge in [-0.3, -0.25) is 4.68 Å². The van der Waals surface area contributed by atoms with Gasteiger partial charge in [0, 0.05) is 26.4 Å². The lowest BCUT2D eigenvalue weighted by atomic mass is 10.4. The van der Waals surface area contributed by atoms with Crippen molar-refractivity contribution in [3.05, 3.63) is 30.4 Å². The predicted molar refractivity (Wildman–Crippen MR) is 62.1 cm³/mol. The van der Waals surface area contributed by atoms with Crippen molar-refractivity contribution < 1.29 is 0 Å². The first-order valence-corrected chi connectivity index (χ1v) is 5.00. The molecule has 0 saturated carbocycles. The van der Waals surface area contributed by atoms with E-state index in [2.05, 4.69) is 25.7 Å². The number of anilines is 2. The highest BCUT2D eigenvalue weighted by atomic mass is 15.3. The van der Waals surface area contributed by atoms with Crippen LogP contribution in [0, 0.1) is 0 Å². The van der Waals surface area contributed by atoms with Crippen molar-refractivity contribution in [3.8, 4) is 0 Å². The first-order chi connectivity index (χ1) is 7.79. The third-order valence-electron chi connectivity index (χ3n) is 2.30. The summed E-state index contributed by atoms with van der Waals surface area (Å²) in [4.78, 5) is 8.17. The molecular weight excluding hydrogens is 204 g/mol. The van der Waals surface area contributed by atoms with E-state index in [1.54, 1.807) is 6.20 Å². The van der Waals surface area contributed by atoms with Crippen LogP contribution in [0.3, 0.4) is 0 Å². The fourth-order valence-electron chi connectivity index (χ4n) is 1.35. The molecule has 0 radical (unpaired) electrons. The van der Waals surface area contributed by atoms with Crippen molar-refractivity contribution in [2.24, 2.45) is 7.05 Å². The molecule has 0 aliphatic carbocycles. The molecule has 0 amide bonds. The van der Waals surface area contributed by atoms with Gasteiger partial charge in [0.15, 0.2) is 0 Å². The smallest absolute Gasteiger partial charge is 0.131 e. The standard InChI is InChI=1S/C10H14N6/c1-11-9-5-10(14-7-13-9)12-6-8-3-4-15-16(8)2/h3-5,7H,6H2,1-2H3,(H2,11,12,13,14). The van der Waals surface area contributed by atoms with Gasteiger partial charge in [0.2, 0.25) is 0 Å². The van der Waals surface area contributed by atoms with Crippen LogP contribution in [0.5, 0.6) is 0 Å². The first kappa shape index (κ1) is 10.4. The normalized spacial score (nSPS) is 10.1. The zero-order valence-electron chi connectivity index (χ0n) is 9.31. The van der Waals surface area contributed by atoms with Crippen LogP contribution in [0.4, 0.5) is 11.6 Å². The van der Waals surface area contributed by atoms with Gasteiger partial charge < -0.3 is 10.6 Å². The van der Waals surface area contributed by atoms with Gasteiger partial charge >= 0.3 is 0 Å². The van der Waals surface area contributed by atoms with Gasteiger partial charge in [0.1, 0.15) is 18.0 Å². The Morgan fingerprint density at radius 2 is 2.12 bits per heavy atom. The van der Waals surface area contributed by atoms with Gasteiger partial charge in [-0.15, -0.1) is 0 Å². The van der Waals surface area contributed by atoms with Crippen LogP contribution < -0.4 is 10.6 Å². The Hall–Kier alpha value is -2.11. The molecular formula is C10H14N6. The summed E-state index contributed by atoms with van der Waals surface area (Å²) >= 11 is 0. The second kappa shape index (κ2) is 4.61. The fourth-order valence-corrected chi connectivity index (χ4v) is 1.35. The highest BCUT2D eigenvalue weighted by Gasteiger charge is 2.00. The van der Waals surface area contributed by atoms with Crippen LogP contribution in [-0.4, -0.2) is 26.8 Å². The Morgan fingerprint density at radius 3 is 2.81 bits per heavy atom. The average Bonchev–Trinajstić information content (AvgIpc) is 2.72. The molecule has 16 heavy (non-hydrogen) atoms. The van der Waals surface area contributed by atoms with E-state index in [4.69, 9.17) is 0 Å². The molecule has 0 aromatic carbocycles. The van der Waals surface area contributed by atoms with E-state index in [1.165, 1.54) is 6.33 Å². The summed E-state index contributed by atoms with van der Waals surface area (Å²) < 4.78 is 1.83. The molecule has 2 N–H and O–H groups in total. The largest absolute Gasteiger partial charge is 0.373 e. The van der Waals surface area contributed by atoms with Crippen LogP contribution in [0.2, 0.25) is 0 Å². The van der Waals surface area contributed by atoms with Crippen molar-refractivity contribution in [1.82, 2.24) is 19.7 Å². The third-order valence-corrected chi connectivity index (χ3v) is 2.30. The molecule has 0 aliphatic rings. The van der Waals surface area contributed by atoms with E-state index in [-0.39, 0.29) is 0 Å². The van der Waals surface area contributed by atoms with Crippen LogP contribution in [0.15, 0.2) is 24.7 Å². The highest BCUT2D eigenvalue weighted by Crippen LogP contribution is 2.09. The summed E-state index contributed by atoms with van der Waals surface area (Å²) in [6.45, 7) is 0.691. The molecule has 84 valence electrons. The number of aryl methyl sites for hydroxylation is 1. The maximum atomic E-state index is 4.12. The number of hydrogen-bond acceptors (Lipinski definition) is 5. The van der Waals surface area contributed by atoms with Gasteiger partial charge in [-0.2, -0.15) is 5.10 Å². The molecule has 0 bridgehead atoms.